The normalized spacial score (nSPS) is 12.8. The predicted octanol–water partition coefficient (Wildman–Crippen LogP) is 4.07. The minimum atomic E-state index is -3.80. The zero-order valence-electron chi connectivity index (χ0n) is 14.3. The van der Waals surface area contributed by atoms with Gasteiger partial charge in [0.15, 0.2) is 0 Å². The van der Waals surface area contributed by atoms with Crippen molar-refractivity contribution in [2.24, 2.45) is 0 Å². The summed E-state index contributed by atoms with van der Waals surface area (Å²) in [5, 5.41) is 10.7. The first-order valence-corrected chi connectivity index (χ1v) is 9.63. The van der Waals surface area contributed by atoms with Crippen LogP contribution in [0.5, 0.6) is 0 Å². The van der Waals surface area contributed by atoms with E-state index >= 15 is 0 Å². The Morgan fingerprint density at radius 3 is 2.54 bits per heavy atom. The molecule has 26 heavy (non-hydrogen) atoms. The van der Waals surface area contributed by atoms with E-state index in [4.69, 9.17) is 12.2 Å². The van der Waals surface area contributed by atoms with Crippen molar-refractivity contribution in [2.75, 3.05) is 4.72 Å². The van der Waals surface area contributed by atoms with Crippen LogP contribution in [0.3, 0.4) is 0 Å². The van der Waals surface area contributed by atoms with Crippen molar-refractivity contribution < 1.29 is 18.0 Å². The first kappa shape index (κ1) is 20.0. The second-order valence-corrected chi connectivity index (χ2v) is 7.92. The third-order valence-corrected chi connectivity index (χ3v) is 5.11. The topological polar surface area (TPSA) is 69.6 Å². The maximum Gasteiger partial charge on any atom is 0.261 e. The van der Waals surface area contributed by atoms with E-state index in [2.05, 4.69) is 4.72 Å². The van der Waals surface area contributed by atoms with Crippen LogP contribution in [0.25, 0.3) is 6.08 Å². The largest absolute Gasteiger partial charge is 0.287 e. The van der Waals surface area contributed by atoms with Gasteiger partial charge in [-0.25, -0.2) is 17.9 Å². The molecule has 0 heterocycles. The zero-order chi connectivity index (χ0) is 19.3. The number of nitrogens with zero attached hydrogens (tertiary/aromatic N) is 1. The highest BCUT2D eigenvalue weighted by Gasteiger charge is 2.14. The number of hydrogen-bond donors (Lipinski definition) is 2. The molecule has 0 aliphatic rings. The van der Waals surface area contributed by atoms with Crippen LogP contribution < -0.4 is 4.72 Å². The summed E-state index contributed by atoms with van der Waals surface area (Å²) >= 11 is 4.90. The molecular weight excluding hydrogens is 375 g/mol. The average Bonchev–Trinajstić information content (AvgIpc) is 2.61. The summed E-state index contributed by atoms with van der Waals surface area (Å²) in [6.45, 7) is 3.36. The van der Waals surface area contributed by atoms with Crippen LogP contribution in [0.4, 0.5) is 10.1 Å². The Morgan fingerprint density at radius 2 is 1.92 bits per heavy atom. The van der Waals surface area contributed by atoms with E-state index in [9.17, 15) is 18.0 Å². The Kier molecular flexibility index (Phi) is 6.47. The predicted molar refractivity (Wildman–Crippen MR) is 104 cm³/mol. The molecule has 2 aromatic rings. The fourth-order valence-electron chi connectivity index (χ4n) is 2.14. The Balaban J connectivity index is 2.19. The van der Waals surface area contributed by atoms with Crippen LogP contribution in [0.1, 0.15) is 19.4 Å². The Bertz CT molecular complexity index is 912. The molecule has 0 fully saturated rings. The molecule has 138 valence electrons. The van der Waals surface area contributed by atoms with E-state index < -0.39 is 15.8 Å². The van der Waals surface area contributed by atoms with Gasteiger partial charge in [0, 0.05) is 5.69 Å². The molecule has 0 aliphatic heterocycles. The highest BCUT2D eigenvalue weighted by Crippen LogP contribution is 2.18. The molecule has 8 heteroatoms. The maximum atomic E-state index is 12.9. The standard InChI is InChI=1S/C18H19FN2O3S2/c1-13(21(22)14(2)25)6-7-15-4-3-5-18(12-15)26(23,24)20-17-10-8-16(19)9-11-17/h3-13,20,22H,1-2H3. The van der Waals surface area contributed by atoms with Crippen LogP contribution in [0, 0.1) is 5.82 Å². The minimum Gasteiger partial charge on any atom is -0.287 e. The van der Waals surface area contributed by atoms with Gasteiger partial charge in [-0.1, -0.05) is 36.5 Å². The van der Waals surface area contributed by atoms with Gasteiger partial charge in [-0.05, 0) is 55.8 Å². The lowest BCUT2D eigenvalue weighted by molar-refractivity contribution is -0.0305. The Labute approximate surface area is 157 Å². The number of anilines is 1. The van der Waals surface area contributed by atoms with Gasteiger partial charge in [-0.2, -0.15) is 0 Å². The molecule has 2 rings (SSSR count). The molecule has 1 unspecified atom stereocenters. The van der Waals surface area contributed by atoms with E-state index in [-0.39, 0.29) is 16.6 Å². The molecular formula is C18H19FN2O3S2. The highest BCUT2D eigenvalue weighted by molar-refractivity contribution is 7.92. The number of sulfonamides is 1. The second kappa shape index (κ2) is 8.39. The summed E-state index contributed by atoms with van der Waals surface area (Å²) in [5.74, 6) is -0.446. The number of thiocarbonyl (C=S) groups is 1. The van der Waals surface area contributed by atoms with Crippen LogP contribution in [0.15, 0.2) is 59.5 Å². The molecule has 0 amide bonds. The van der Waals surface area contributed by atoms with Gasteiger partial charge >= 0.3 is 0 Å². The number of hydroxylamine groups is 2. The summed E-state index contributed by atoms with van der Waals surface area (Å²) in [5.41, 5.74) is 0.919. The molecule has 1 atom stereocenters. The van der Waals surface area contributed by atoms with Crippen molar-refractivity contribution >= 4 is 39.0 Å². The fourth-order valence-corrected chi connectivity index (χ4v) is 3.42. The Hall–Kier alpha value is -2.29. The summed E-state index contributed by atoms with van der Waals surface area (Å²) < 4.78 is 40.3. The lowest BCUT2D eigenvalue weighted by atomic mass is 10.2. The van der Waals surface area contributed by atoms with Gasteiger partial charge in [-0.3, -0.25) is 9.93 Å². The number of rotatable bonds is 6. The molecule has 0 bridgehead atoms. The van der Waals surface area contributed by atoms with Crippen molar-refractivity contribution in [1.29, 1.82) is 0 Å². The van der Waals surface area contributed by atoms with E-state index in [1.807, 2.05) is 0 Å². The van der Waals surface area contributed by atoms with Gasteiger partial charge in [0.05, 0.1) is 10.9 Å². The van der Waals surface area contributed by atoms with Crippen molar-refractivity contribution in [1.82, 2.24) is 5.06 Å². The van der Waals surface area contributed by atoms with Crippen LogP contribution >= 0.6 is 12.2 Å². The molecule has 0 aliphatic carbocycles. The molecule has 5 nitrogen and oxygen atoms in total. The highest BCUT2D eigenvalue weighted by atomic mass is 32.2. The van der Waals surface area contributed by atoms with Crippen LogP contribution in [-0.4, -0.2) is 29.7 Å². The first-order valence-electron chi connectivity index (χ1n) is 7.74. The number of benzene rings is 2. The summed E-state index contributed by atoms with van der Waals surface area (Å²) in [4.78, 5) is 0.408. The van der Waals surface area contributed by atoms with Gasteiger partial charge in [-0.15, -0.1) is 0 Å². The average molecular weight is 394 g/mol. The lowest BCUT2D eigenvalue weighted by Crippen LogP contribution is -2.31. The molecule has 2 N–H and O–H groups in total. The minimum absolute atomic E-state index is 0.0727. The van der Waals surface area contributed by atoms with Crippen molar-refractivity contribution in [3.8, 4) is 0 Å². The van der Waals surface area contributed by atoms with Gasteiger partial charge < -0.3 is 0 Å². The monoisotopic (exact) mass is 394 g/mol. The lowest BCUT2D eigenvalue weighted by Gasteiger charge is -2.20. The SMILES string of the molecule is CC(=S)N(O)C(C)C=Cc1cccc(S(=O)(=O)Nc2ccc(F)cc2)c1. The molecule has 0 saturated carbocycles. The van der Waals surface area contributed by atoms with Crippen molar-refractivity contribution in [3.05, 3.63) is 66.0 Å². The number of nitrogens with one attached hydrogen (secondary N) is 1. The summed E-state index contributed by atoms with van der Waals surface area (Å²) in [6.07, 6.45) is 3.40. The van der Waals surface area contributed by atoms with Gasteiger partial charge in [0.2, 0.25) is 0 Å². The molecule has 2 aromatic carbocycles. The van der Waals surface area contributed by atoms with E-state index in [0.29, 0.717) is 10.6 Å². The van der Waals surface area contributed by atoms with E-state index in [1.165, 1.54) is 36.4 Å². The zero-order valence-corrected chi connectivity index (χ0v) is 15.9. The van der Waals surface area contributed by atoms with Crippen LogP contribution in [-0.2, 0) is 10.0 Å². The smallest absolute Gasteiger partial charge is 0.261 e. The first-order chi connectivity index (χ1) is 12.2. The van der Waals surface area contributed by atoms with E-state index in [1.54, 1.807) is 38.1 Å². The molecule has 0 radical (unpaired) electrons. The van der Waals surface area contributed by atoms with Crippen molar-refractivity contribution in [2.45, 2.75) is 24.8 Å². The van der Waals surface area contributed by atoms with E-state index in [0.717, 1.165) is 5.06 Å². The fraction of sp³-hybridized carbons (Fsp3) is 0.167. The third kappa shape index (κ3) is 5.35. The van der Waals surface area contributed by atoms with Crippen molar-refractivity contribution in [3.63, 3.8) is 0 Å². The summed E-state index contributed by atoms with van der Waals surface area (Å²) in [7, 11) is -3.80. The maximum absolute atomic E-state index is 12.9. The van der Waals surface area contributed by atoms with Gasteiger partial charge in [0.1, 0.15) is 10.8 Å². The second-order valence-electron chi connectivity index (χ2n) is 5.65. The molecule has 0 aromatic heterocycles. The summed E-state index contributed by atoms with van der Waals surface area (Å²) in [6, 6.07) is 11.0. The number of halogens is 1. The molecule has 0 spiro atoms. The molecule has 0 saturated heterocycles. The quantitative estimate of drug-likeness (QED) is 0.571. The van der Waals surface area contributed by atoms with Crippen LogP contribution in [0.2, 0.25) is 0 Å². The number of hydrogen-bond acceptors (Lipinski definition) is 4. The third-order valence-electron chi connectivity index (χ3n) is 3.54. The Morgan fingerprint density at radius 1 is 1.27 bits per heavy atom. The van der Waals surface area contributed by atoms with Gasteiger partial charge in [0.25, 0.3) is 10.0 Å².